The molecule has 15 heavy (non-hydrogen) atoms. The number of methoxy groups -OCH3 is 1. The summed E-state index contributed by atoms with van der Waals surface area (Å²) >= 11 is 0. The van der Waals surface area contributed by atoms with Crippen LogP contribution in [0, 0.1) is 0 Å². The zero-order valence-electron chi connectivity index (χ0n) is 10.7. The summed E-state index contributed by atoms with van der Waals surface area (Å²) in [6.45, 7) is 9.09. The second-order valence-electron chi connectivity index (χ2n) is 3.41. The van der Waals surface area contributed by atoms with Gasteiger partial charge >= 0.3 is 0 Å². The van der Waals surface area contributed by atoms with E-state index in [0.29, 0.717) is 0 Å². The van der Waals surface area contributed by atoms with Crippen LogP contribution in [0.4, 0.5) is 0 Å². The van der Waals surface area contributed by atoms with Crippen LogP contribution in [0.3, 0.4) is 0 Å². The van der Waals surface area contributed by atoms with E-state index in [1.165, 1.54) is 31.8 Å². The summed E-state index contributed by atoms with van der Waals surface area (Å²) < 4.78 is 4.14. The molecule has 0 amide bonds. The van der Waals surface area contributed by atoms with Crippen molar-refractivity contribution >= 4 is 13.2 Å². The summed E-state index contributed by atoms with van der Waals surface area (Å²) in [6, 6.07) is 0. The van der Waals surface area contributed by atoms with Gasteiger partial charge in [0.05, 0.1) is 37.2 Å². The highest BCUT2D eigenvalue weighted by Gasteiger charge is 2.27. The predicted molar refractivity (Wildman–Crippen MR) is 66.0 cm³/mol. The lowest BCUT2D eigenvalue weighted by Gasteiger charge is -2.20. The van der Waals surface area contributed by atoms with Crippen molar-refractivity contribution in [2.75, 3.05) is 38.4 Å². The second-order valence-corrected chi connectivity index (χ2v) is 8.62. The van der Waals surface area contributed by atoms with Crippen molar-refractivity contribution in [3.05, 3.63) is 0 Å². The molecule has 0 unspecified atom stereocenters. The summed E-state index contributed by atoms with van der Waals surface area (Å²) in [5.74, 6) is -1.18. The highest BCUT2D eigenvalue weighted by atomic mass is 31.2. The molecule has 0 aliphatic heterocycles. The van der Waals surface area contributed by atoms with Gasteiger partial charge in [-0.15, -0.1) is 0 Å². The Morgan fingerprint density at radius 1 is 1.07 bits per heavy atom. The van der Waals surface area contributed by atoms with Gasteiger partial charge in [-0.3, -0.25) is 0 Å². The number of hydrogen-bond acceptors (Lipinski definition) is 3. The van der Waals surface area contributed by atoms with E-state index in [1.807, 2.05) is 0 Å². The third-order valence-corrected chi connectivity index (χ3v) is 8.31. The molecule has 0 aromatic heterocycles. The molecule has 0 N–H and O–H groups in total. The first-order valence-electron chi connectivity index (χ1n) is 5.55. The van der Waals surface area contributed by atoms with Crippen LogP contribution < -0.4 is 5.11 Å². The Hall–Kier alpha value is -0.140. The number of carboxylic acid groups (broad SMARTS) is 1. The quantitative estimate of drug-likeness (QED) is 0.656. The largest absolute Gasteiger partial charge is 0.548 e. The molecule has 3 nitrogen and oxygen atoms in total. The number of carbonyl (C=O) groups excluding carboxylic acids is 1. The SMILES string of the molecule is CC[P+](CC)(CC)CC.COCC(=O)[O-]. The predicted octanol–water partition coefficient (Wildman–Crippen LogP) is 1.47. The zero-order chi connectivity index (χ0) is 12.3. The molecule has 0 saturated carbocycles. The highest BCUT2D eigenvalue weighted by molar-refractivity contribution is 7.75. The fourth-order valence-corrected chi connectivity index (χ4v) is 4.14. The average molecular weight is 236 g/mol. The minimum absolute atomic E-state index is 0.319. The Labute approximate surface area is 94.5 Å². The van der Waals surface area contributed by atoms with Crippen LogP contribution in [0.5, 0.6) is 0 Å². The topological polar surface area (TPSA) is 49.4 Å². The molecule has 0 heterocycles. The van der Waals surface area contributed by atoms with Crippen molar-refractivity contribution in [2.24, 2.45) is 0 Å². The molecule has 92 valence electrons. The molecule has 0 aromatic carbocycles. The van der Waals surface area contributed by atoms with Gasteiger partial charge < -0.3 is 14.6 Å². The average Bonchev–Trinajstić information content (AvgIpc) is 2.23. The Morgan fingerprint density at radius 3 is 1.40 bits per heavy atom. The number of ether oxygens (including phenoxy) is 1. The minimum Gasteiger partial charge on any atom is -0.548 e. The minimum atomic E-state index is -1.18. The molecular weight excluding hydrogens is 211 g/mol. The van der Waals surface area contributed by atoms with E-state index in [0.717, 1.165) is 0 Å². The van der Waals surface area contributed by atoms with Crippen molar-refractivity contribution in [1.82, 2.24) is 0 Å². The molecule has 0 radical (unpaired) electrons. The van der Waals surface area contributed by atoms with Crippen molar-refractivity contribution in [3.8, 4) is 0 Å². The first kappa shape index (κ1) is 17.3. The Balaban J connectivity index is 0. The van der Waals surface area contributed by atoms with Crippen molar-refractivity contribution in [3.63, 3.8) is 0 Å². The first-order valence-corrected chi connectivity index (χ1v) is 8.08. The molecule has 0 fully saturated rings. The van der Waals surface area contributed by atoms with E-state index in [-0.39, 0.29) is 6.61 Å². The van der Waals surface area contributed by atoms with Gasteiger partial charge in [-0.25, -0.2) is 0 Å². The van der Waals surface area contributed by atoms with Gasteiger partial charge in [0.25, 0.3) is 0 Å². The summed E-state index contributed by atoms with van der Waals surface area (Å²) in [5.41, 5.74) is 0. The van der Waals surface area contributed by atoms with Crippen molar-refractivity contribution in [1.29, 1.82) is 0 Å². The maximum Gasteiger partial charge on any atom is 0.0857 e. The van der Waals surface area contributed by atoms with Gasteiger partial charge in [0, 0.05) is 14.4 Å². The van der Waals surface area contributed by atoms with Gasteiger partial charge in [-0.2, -0.15) is 0 Å². The molecule has 0 aromatic rings. The van der Waals surface area contributed by atoms with Gasteiger partial charge in [-0.1, -0.05) is 0 Å². The lowest BCUT2D eigenvalue weighted by molar-refractivity contribution is -0.309. The zero-order valence-corrected chi connectivity index (χ0v) is 11.6. The van der Waals surface area contributed by atoms with Crippen molar-refractivity contribution in [2.45, 2.75) is 27.7 Å². The van der Waals surface area contributed by atoms with E-state index < -0.39 is 13.2 Å². The Morgan fingerprint density at radius 2 is 1.40 bits per heavy atom. The second kappa shape index (κ2) is 10.4. The number of carboxylic acids is 1. The third-order valence-electron chi connectivity index (χ3n) is 2.95. The lowest BCUT2D eigenvalue weighted by atomic mass is 10.8. The molecule has 0 rings (SSSR count). The Kier molecular flexibility index (Phi) is 11.9. The van der Waals surface area contributed by atoms with E-state index >= 15 is 0 Å². The van der Waals surface area contributed by atoms with Crippen LogP contribution in [-0.2, 0) is 9.53 Å². The van der Waals surface area contributed by atoms with Crippen LogP contribution in [-0.4, -0.2) is 44.3 Å². The molecule has 0 aliphatic rings. The number of hydrogen-bond donors (Lipinski definition) is 0. The van der Waals surface area contributed by atoms with Crippen LogP contribution in [0.2, 0.25) is 0 Å². The molecule has 0 aliphatic carbocycles. The van der Waals surface area contributed by atoms with E-state index in [1.54, 1.807) is 0 Å². The first-order chi connectivity index (χ1) is 7.01. The molecule has 0 spiro atoms. The third kappa shape index (κ3) is 8.83. The van der Waals surface area contributed by atoms with E-state index in [2.05, 4.69) is 32.4 Å². The molecule has 4 heteroatoms. The van der Waals surface area contributed by atoms with Gasteiger partial charge in [-0.05, 0) is 27.7 Å². The normalized spacial score (nSPS) is 10.5. The van der Waals surface area contributed by atoms with Gasteiger partial charge in [0.15, 0.2) is 0 Å². The molecule has 0 atom stereocenters. The summed E-state index contributed by atoms with van der Waals surface area (Å²) in [5, 5.41) is 9.36. The van der Waals surface area contributed by atoms with Crippen LogP contribution in [0.15, 0.2) is 0 Å². The van der Waals surface area contributed by atoms with Gasteiger partial charge in [0.2, 0.25) is 0 Å². The fraction of sp³-hybridized carbons (Fsp3) is 0.909. The number of carbonyl (C=O) groups is 1. The molecule has 0 bridgehead atoms. The molecule has 0 saturated heterocycles. The molecular formula is C11H25O3P. The van der Waals surface area contributed by atoms with Crippen molar-refractivity contribution < 1.29 is 14.6 Å². The maximum atomic E-state index is 9.36. The van der Waals surface area contributed by atoms with Crippen LogP contribution in [0.1, 0.15) is 27.7 Å². The number of rotatable bonds is 6. The van der Waals surface area contributed by atoms with Gasteiger partial charge in [0.1, 0.15) is 0 Å². The smallest absolute Gasteiger partial charge is 0.0857 e. The Bertz CT molecular complexity index is 138. The van der Waals surface area contributed by atoms with Crippen LogP contribution in [0.25, 0.3) is 0 Å². The maximum absolute atomic E-state index is 9.36. The monoisotopic (exact) mass is 236 g/mol. The van der Waals surface area contributed by atoms with E-state index in [4.69, 9.17) is 0 Å². The fourth-order valence-electron chi connectivity index (χ4n) is 1.46. The lowest BCUT2D eigenvalue weighted by Crippen LogP contribution is -2.26. The number of aliphatic carboxylic acids is 1. The standard InChI is InChI=1S/C8H20P.C3H6O3/c1-5-9(6-2,7-3)8-4;1-6-2-3(4)5/h5-8H2,1-4H3;2H2,1H3,(H,4,5)/q+1;/p-1. The highest BCUT2D eigenvalue weighted by Crippen LogP contribution is 2.57. The van der Waals surface area contributed by atoms with Crippen LogP contribution >= 0.6 is 7.26 Å². The van der Waals surface area contributed by atoms with E-state index in [9.17, 15) is 9.90 Å². The summed E-state index contributed by atoms with van der Waals surface area (Å²) in [6.07, 6.45) is 5.82. The summed E-state index contributed by atoms with van der Waals surface area (Å²) in [7, 11) is 0.882. The summed E-state index contributed by atoms with van der Waals surface area (Å²) in [4.78, 5) is 9.36.